The van der Waals surface area contributed by atoms with Crippen LogP contribution in [0.4, 0.5) is 10.5 Å². The van der Waals surface area contributed by atoms with Gasteiger partial charge in [0.1, 0.15) is 0 Å². The normalized spacial score (nSPS) is 19.5. The van der Waals surface area contributed by atoms with Crippen LogP contribution in [-0.2, 0) is 4.74 Å². The van der Waals surface area contributed by atoms with Gasteiger partial charge in [0.2, 0.25) is 0 Å². The zero-order chi connectivity index (χ0) is 24.4. The maximum absolute atomic E-state index is 12.1. The fourth-order valence-corrected chi connectivity index (χ4v) is 5.47. The second-order valence-electron chi connectivity index (χ2n) is 10.00. The summed E-state index contributed by atoms with van der Waals surface area (Å²) >= 11 is 0. The molecule has 1 amide bonds. The van der Waals surface area contributed by atoms with E-state index in [9.17, 15) is 4.79 Å². The molecule has 5 rings (SSSR count). The van der Waals surface area contributed by atoms with Crippen LogP contribution in [0.5, 0.6) is 0 Å². The van der Waals surface area contributed by atoms with E-state index in [1.807, 2.05) is 17.6 Å². The minimum Gasteiger partial charge on any atom is -0.450 e. The number of carbonyl (C=O) groups excluding carboxylic acids is 1. The first-order valence-electron chi connectivity index (χ1n) is 13.0. The van der Waals surface area contributed by atoms with Crippen LogP contribution in [0.2, 0.25) is 0 Å². The van der Waals surface area contributed by atoms with E-state index < -0.39 is 0 Å². The summed E-state index contributed by atoms with van der Waals surface area (Å²) in [6.45, 7) is 12.1. The molecular formula is C28H37N5O2. The smallest absolute Gasteiger partial charge is 0.409 e. The van der Waals surface area contributed by atoms with Crippen molar-refractivity contribution in [2.45, 2.75) is 45.6 Å². The van der Waals surface area contributed by atoms with Crippen LogP contribution in [0, 0.1) is 0 Å². The summed E-state index contributed by atoms with van der Waals surface area (Å²) in [4.78, 5) is 18.8. The molecule has 2 fully saturated rings. The van der Waals surface area contributed by atoms with E-state index in [2.05, 4.69) is 71.3 Å². The number of likely N-dealkylation sites (tertiary alicyclic amines) is 1. The molecular weight excluding hydrogens is 438 g/mol. The SMILES string of the molecule is CCOC(=O)N1CCN(c2ccnn3cc(-c4ccc([C@H]5CCCN(C(C)C)C5)cc4)cc23)CC1. The van der Waals surface area contributed by atoms with Crippen molar-refractivity contribution in [3.8, 4) is 11.1 Å². The Morgan fingerprint density at radius 3 is 2.54 bits per heavy atom. The minimum absolute atomic E-state index is 0.217. The highest BCUT2D eigenvalue weighted by Gasteiger charge is 2.24. The van der Waals surface area contributed by atoms with Crippen molar-refractivity contribution in [1.82, 2.24) is 19.4 Å². The molecule has 0 unspecified atom stereocenters. The van der Waals surface area contributed by atoms with E-state index >= 15 is 0 Å². The Balaban J connectivity index is 1.32. The van der Waals surface area contributed by atoms with Gasteiger partial charge >= 0.3 is 6.09 Å². The van der Waals surface area contributed by atoms with Gasteiger partial charge in [-0.3, -0.25) is 0 Å². The Bertz CT molecular complexity index is 1150. The summed E-state index contributed by atoms with van der Waals surface area (Å²) in [7, 11) is 0. The van der Waals surface area contributed by atoms with Gasteiger partial charge in [-0.25, -0.2) is 9.31 Å². The lowest BCUT2D eigenvalue weighted by molar-refractivity contribution is 0.105. The second-order valence-corrected chi connectivity index (χ2v) is 10.00. The molecule has 0 bridgehead atoms. The molecule has 7 heteroatoms. The number of ether oxygens (including phenoxy) is 1. The van der Waals surface area contributed by atoms with Gasteiger partial charge in [0.15, 0.2) is 0 Å². The van der Waals surface area contributed by atoms with Crippen molar-refractivity contribution >= 4 is 17.3 Å². The van der Waals surface area contributed by atoms with Crippen molar-refractivity contribution in [2.24, 2.45) is 0 Å². The lowest BCUT2D eigenvalue weighted by Crippen LogP contribution is -2.49. The van der Waals surface area contributed by atoms with Crippen molar-refractivity contribution in [2.75, 3.05) is 50.8 Å². The number of nitrogens with zero attached hydrogens (tertiary/aromatic N) is 5. The largest absolute Gasteiger partial charge is 0.450 e. The fourth-order valence-electron chi connectivity index (χ4n) is 5.47. The molecule has 2 saturated heterocycles. The number of rotatable bonds is 5. The number of anilines is 1. The highest BCUT2D eigenvalue weighted by molar-refractivity contribution is 5.80. The third-order valence-corrected chi connectivity index (χ3v) is 7.53. The zero-order valence-corrected chi connectivity index (χ0v) is 21.2. The molecule has 3 aromatic rings. The number of aromatic nitrogens is 2. The number of hydrogen-bond donors (Lipinski definition) is 0. The minimum atomic E-state index is -0.217. The second kappa shape index (κ2) is 10.3. The van der Waals surface area contributed by atoms with Crippen LogP contribution in [0.3, 0.4) is 0 Å². The van der Waals surface area contributed by atoms with Crippen molar-refractivity contribution in [1.29, 1.82) is 0 Å². The van der Waals surface area contributed by atoms with Gasteiger partial charge in [-0.15, -0.1) is 0 Å². The first kappa shape index (κ1) is 23.7. The Kier molecular flexibility index (Phi) is 6.95. The Morgan fingerprint density at radius 2 is 1.83 bits per heavy atom. The molecule has 7 nitrogen and oxygen atoms in total. The lowest BCUT2D eigenvalue weighted by atomic mass is 9.89. The number of amides is 1. The number of fused-ring (bicyclic) bond motifs is 1. The van der Waals surface area contributed by atoms with E-state index in [0.29, 0.717) is 31.7 Å². The fraction of sp³-hybridized carbons (Fsp3) is 0.500. The van der Waals surface area contributed by atoms with E-state index in [1.165, 1.54) is 36.1 Å². The number of piperazine rings is 1. The molecule has 2 aliphatic heterocycles. The van der Waals surface area contributed by atoms with Gasteiger partial charge in [0.05, 0.1) is 17.8 Å². The summed E-state index contributed by atoms with van der Waals surface area (Å²) in [5.41, 5.74) is 6.09. The Labute approximate surface area is 208 Å². The molecule has 2 aliphatic rings. The molecule has 0 radical (unpaired) electrons. The predicted molar refractivity (Wildman–Crippen MR) is 140 cm³/mol. The van der Waals surface area contributed by atoms with Crippen LogP contribution in [0.25, 0.3) is 16.6 Å². The average molecular weight is 476 g/mol. The van der Waals surface area contributed by atoms with Gasteiger partial charge in [-0.1, -0.05) is 24.3 Å². The van der Waals surface area contributed by atoms with Gasteiger partial charge in [0, 0.05) is 56.7 Å². The van der Waals surface area contributed by atoms with E-state index in [-0.39, 0.29) is 6.09 Å². The summed E-state index contributed by atoms with van der Waals surface area (Å²) in [6.07, 6.45) is 6.30. The third-order valence-electron chi connectivity index (χ3n) is 7.53. The molecule has 0 N–H and O–H groups in total. The topological polar surface area (TPSA) is 53.3 Å². The lowest BCUT2D eigenvalue weighted by Gasteiger charge is -2.35. The van der Waals surface area contributed by atoms with Crippen LogP contribution < -0.4 is 4.90 Å². The third kappa shape index (κ3) is 5.01. The Hall–Kier alpha value is -3.06. The summed E-state index contributed by atoms with van der Waals surface area (Å²) in [5, 5.41) is 4.57. The molecule has 0 saturated carbocycles. The first-order valence-corrected chi connectivity index (χ1v) is 13.0. The summed E-state index contributed by atoms with van der Waals surface area (Å²) in [5.74, 6) is 0.620. The van der Waals surface area contributed by atoms with Crippen molar-refractivity contribution < 1.29 is 9.53 Å². The Morgan fingerprint density at radius 1 is 1.06 bits per heavy atom. The molecule has 2 aromatic heterocycles. The maximum atomic E-state index is 12.1. The number of carbonyl (C=O) groups is 1. The number of hydrogen-bond acceptors (Lipinski definition) is 5. The van der Waals surface area contributed by atoms with Gasteiger partial charge in [0.25, 0.3) is 0 Å². The first-order chi connectivity index (χ1) is 17.0. The molecule has 186 valence electrons. The van der Waals surface area contributed by atoms with Crippen LogP contribution in [-0.4, -0.2) is 77.4 Å². The average Bonchev–Trinajstić information content (AvgIpc) is 3.34. The van der Waals surface area contributed by atoms with Gasteiger partial charge in [-0.2, -0.15) is 5.10 Å². The van der Waals surface area contributed by atoms with Gasteiger partial charge < -0.3 is 19.4 Å². The maximum Gasteiger partial charge on any atom is 0.409 e. The summed E-state index contributed by atoms with van der Waals surface area (Å²) in [6, 6.07) is 14.1. The van der Waals surface area contributed by atoms with Crippen molar-refractivity contribution in [3.63, 3.8) is 0 Å². The van der Waals surface area contributed by atoms with Crippen LogP contribution >= 0.6 is 0 Å². The molecule has 0 aliphatic carbocycles. The van der Waals surface area contributed by atoms with Gasteiger partial charge in [-0.05, 0) is 69.3 Å². The molecule has 1 aromatic carbocycles. The number of benzene rings is 1. The van der Waals surface area contributed by atoms with Crippen LogP contribution in [0.1, 0.15) is 45.1 Å². The van der Waals surface area contributed by atoms with E-state index in [1.54, 1.807) is 4.90 Å². The standard InChI is InChI=1S/C28H37N5O2/c1-4-35-28(34)31-16-14-30(15-17-31)26-11-12-29-33-20-25(18-27(26)33)23-9-7-22(8-10-23)24-6-5-13-32(19-24)21(2)3/h7-12,18,20-21,24H,4-6,13-17,19H2,1-3H3/t24-/m0/s1. The number of piperidine rings is 1. The molecule has 0 spiro atoms. The van der Waals surface area contributed by atoms with E-state index in [4.69, 9.17) is 4.74 Å². The molecule has 35 heavy (non-hydrogen) atoms. The predicted octanol–water partition coefficient (Wildman–Crippen LogP) is 4.87. The summed E-state index contributed by atoms with van der Waals surface area (Å²) < 4.78 is 7.13. The van der Waals surface area contributed by atoms with Crippen LogP contribution in [0.15, 0.2) is 48.8 Å². The molecule has 4 heterocycles. The van der Waals surface area contributed by atoms with Crippen molar-refractivity contribution in [3.05, 3.63) is 54.4 Å². The molecule has 1 atom stereocenters. The monoisotopic (exact) mass is 475 g/mol. The zero-order valence-electron chi connectivity index (χ0n) is 21.2. The van der Waals surface area contributed by atoms with E-state index in [0.717, 1.165) is 30.8 Å². The highest BCUT2D eigenvalue weighted by Crippen LogP contribution is 2.32. The quantitative estimate of drug-likeness (QED) is 0.527. The highest BCUT2D eigenvalue weighted by atomic mass is 16.6.